The van der Waals surface area contributed by atoms with Crippen molar-refractivity contribution in [1.29, 1.82) is 0 Å². The second kappa shape index (κ2) is 8.34. The predicted molar refractivity (Wildman–Crippen MR) is 122 cm³/mol. The average molecular weight is 432 g/mol. The Morgan fingerprint density at radius 1 is 1.28 bits per heavy atom. The molecule has 156 valence electrons. The summed E-state index contributed by atoms with van der Waals surface area (Å²) in [6.45, 7) is 9.52. The molecular weight excluding hydrogens is 402 g/mol. The van der Waals surface area contributed by atoms with E-state index in [1.807, 2.05) is 6.20 Å². The van der Waals surface area contributed by atoms with E-state index in [-0.39, 0.29) is 12.4 Å². The predicted octanol–water partition coefficient (Wildman–Crippen LogP) is 4.39. The lowest BCUT2D eigenvalue weighted by Gasteiger charge is -2.29. The molecule has 5 nitrogen and oxygen atoms in total. The number of nitrogens with one attached hydrogen (secondary N) is 1. The maximum absolute atomic E-state index is 4.67. The van der Waals surface area contributed by atoms with Crippen molar-refractivity contribution in [2.75, 3.05) is 13.1 Å². The summed E-state index contributed by atoms with van der Waals surface area (Å²) in [6, 6.07) is 7.47. The molecule has 1 saturated heterocycles. The largest absolute Gasteiger partial charge is 0.334 e. The van der Waals surface area contributed by atoms with Crippen LogP contribution in [0.1, 0.15) is 42.6 Å². The Kier molecular flexibility index (Phi) is 5.98. The summed E-state index contributed by atoms with van der Waals surface area (Å²) >= 11 is 1.80. The number of piperidine rings is 1. The first-order valence-electron chi connectivity index (χ1n) is 10.5. The fourth-order valence-electron chi connectivity index (χ4n) is 4.96. The van der Waals surface area contributed by atoms with E-state index in [1.54, 1.807) is 11.3 Å². The Morgan fingerprint density at radius 2 is 2.10 bits per heavy atom. The van der Waals surface area contributed by atoms with Crippen molar-refractivity contribution < 1.29 is 0 Å². The van der Waals surface area contributed by atoms with Crippen LogP contribution in [-0.4, -0.2) is 38.6 Å². The Balaban J connectivity index is 0.00000205. The molecular formula is C22H30ClN5S. The topological polar surface area (TPSA) is 46.0 Å². The van der Waals surface area contributed by atoms with Crippen molar-refractivity contribution in [2.45, 2.75) is 58.8 Å². The summed E-state index contributed by atoms with van der Waals surface area (Å²) in [6.07, 6.45) is 8.00. The number of fused-ring (bicyclic) bond motifs is 1. The monoisotopic (exact) mass is 431 g/mol. The minimum atomic E-state index is 0. The Morgan fingerprint density at radius 3 is 2.90 bits per heavy atom. The van der Waals surface area contributed by atoms with Gasteiger partial charge in [0.1, 0.15) is 5.82 Å². The maximum Gasteiger partial charge on any atom is 0.122 e. The first-order valence-corrected chi connectivity index (χ1v) is 11.3. The summed E-state index contributed by atoms with van der Waals surface area (Å²) in [4.78, 5) is 12.0. The summed E-state index contributed by atoms with van der Waals surface area (Å²) in [5, 5.41) is 4.68. The highest BCUT2D eigenvalue weighted by Gasteiger charge is 2.56. The van der Waals surface area contributed by atoms with Gasteiger partial charge in [0.25, 0.3) is 0 Å². The molecule has 0 amide bonds. The standard InChI is InChI=1S/C22H29N5S.ClH/c1-3-26-11-10-24-21(26)15-27(20-13-22(20)6-8-23-9-7-22)14-17-4-5-18-19(12-17)28-16(2)25-18;/h4-5,10-12,20,23H,3,6-9,13-15H2,1-2H3;1H. The van der Waals surface area contributed by atoms with Gasteiger partial charge < -0.3 is 9.88 Å². The van der Waals surface area contributed by atoms with Crippen LogP contribution in [0.5, 0.6) is 0 Å². The van der Waals surface area contributed by atoms with Crippen LogP contribution in [0.2, 0.25) is 0 Å². The molecule has 2 aromatic heterocycles. The van der Waals surface area contributed by atoms with Gasteiger partial charge in [0.05, 0.1) is 21.8 Å². The minimum absolute atomic E-state index is 0. The lowest BCUT2D eigenvalue weighted by molar-refractivity contribution is 0.182. The van der Waals surface area contributed by atoms with Crippen molar-refractivity contribution in [3.8, 4) is 0 Å². The van der Waals surface area contributed by atoms with Crippen LogP contribution in [0.25, 0.3) is 10.2 Å². The molecule has 29 heavy (non-hydrogen) atoms. The van der Waals surface area contributed by atoms with Gasteiger partial charge in [0, 0.05) is 31.5 Å². The third-order valence-corrected chi connectivity index (χ3v) is 7.55. The number of halogens is 1. The molecule has 1 spiro atoms. The highest BCUT2D eigenvalue weighted by molar-refractivity contribution is 7.18. The highest BCUT2D eigenvalue weighted by Crippen LogP contribution is 2.56. The van der Waals surface area contributed by atoms with Crippen molar-refractivity contribution in [3.63, 3.8) is 0 Å². The fraction of sp³-hybridized carbons (Fsp3) is 0.545. The molecule has 3 heterocycles. The van der Waals surface area contributed by atoms with E-state index in [1.165, 1.54) is 48.4 Å². The third-order valence-electron chi connectivity index (χ3n) is 6.62. The van der Waals surface area contributed by atoms with Crippen LogP contribution in [0.4, 0.5) is 0 Å². The quantitative estimate of drug-likeness (QED) is 0.628. The van der Waals surface area contributed by atoms with Crippen molar-refractivity contribution in [2.24, 2.45) is 5.41 Å². The second-order valence-electron chi connectivity index (χ2n) is 8.40. The molecule has 0 bridgehead atoms. The molecule has 0 radical (unpaired) electrons. The van der Waals surface area contributed by atoms with E-state index in [9.17, 15) is 0 Å². The zero-order chi connectivity index (χ0) is 19.1. The summed E-state index contributed by atoms with van der Waals surface area (Å²) in [5.74, 6) is 1.19. The molecule has 5 rings (SSSR count). The minimum Gasteiger partial charge on any atom is -0.334 e. The number of hydrogen-bond acceptors (Lipinski definition) is 5. The lowest BCUT2D eigenvalue weighted by Crippen LogP contribution is -2.36. The number of nitrogens with zero attached hydrogens (tertiary/aromatic N) is 4. The molecule has 1 saturated carbocycles. The zero-order valence-corrected chi connectivity index (χ0v) is 18.9. The van der Waals surface area contributed by atoms with E-state index in [0.717, 1.165) is 30.2 Å². The van der Waals surface area contributed by atoms with E-state index in [2.05, 4.69) is 63.0 Å². The number of rotatable bonds is 6. The molecule has 2 fully saturated rings. The number of hydrogen-bond donors (Lipinski definition) is 1. The van der Waals surface area contributed by atoms with Gasteiger partial charge in [0.2, 0.25) is 0 Å². The smallest absolute Gasteiger partial charge is 0.122 e. The Labute approximate surface area is 182 Å². The second-order valence-corrected chi connectivity index (χ2v) is 9.64. The first-order chi connectivity index (χ1) is 13.7. The number of thiazole rings is 1. The summed E-state index contributed by atoms with van der Waals surface area (Å²) in [7, 11) is 0. The number of imidazole rings is 1. The third kappa shape index (κ3) is 4.08. The Bertz CT molecular complexity index is 975. The molecule has 1 unspecified atom stereocenters. The SMILES string of the molecule is CCn1ccnc1CN(Cc1ccc2nc(C)sc2c1)C1CC12CCNCC2.Cl. The van der Waals surface area contributed by atoms with E-state index in [4.69, 9.17) is 0 Å². The number of benzene rings is 1. The van der Waals surface area contributed by atoms with Crippen LogP contribution in [-0.2, 0) is 19.6 Å². The average Bonchev–Trinajstić information content (AvgIpc) is 3.03. The Hall–Kier alpha value is -1.47. The molecule has 3 aromatic rings. The van der Waals surface area contributed by atoms with Gasteiger partial charge in [-0.2, -0.15) is 0 Å². The molecule has 1 aliphatic carbocycles. The van der Waals surface area contributed by atoms with Crippen LogP contribution in [0, 0.1) is 12.3 Å². The van der Waals surface area contributed by atoms with Crippen molar-refractivity contribution in [3.05, 3.63) is 47.0 Å². The fourth-order valence-corrected chi connectivity index (χ4v) is 5.85. The van der Waals surface area contributed by atoms with Crippen LogP contribution >= 0.6 is 23.7 Å². The molecule has 1 atom stereocenters. The summed E-state index contributed by atoms with van der Waals surface area (Å²) < 4.78 is 3.58. The zero-order valence-electron chi connectivity index (χ0n) is 17.2. The van der Waals surface area contributed by atoms with Crippen LogP contribution < -0.4 is 5.32 Å². The van der Waals surface area contributed by atoms with Gasteiger partial charge in [0.15, 0.2) is 0 Å². The normalized spacial score (nSPS) is 20.3. The summed E-state index contributed by atoms with van der Waals surface area (Å²) in [5.41, 5.74) is 3.04. The van der Waals surface area contributed by atoms with E-state index in [0.29, 0.717) is 11.5 Å². The van der Waals surface area contributed by atoms with Crippen molar-refractivity contribution >= 4 is 34.0 Å². The molecule has 1 aliphatic heterocycles. The van der Waals surface area contributed by atoms with Gasteiger partial charge in [-0.1, -0.05) is 6.07 Å². The number of aryl methyl sites for hydroxylation is 2. The highest BCUT2D eigenvalue weighted by atomic mass is 35.5. The molecule has 7 heteroatoms. The maximum atomic E-state index is 4.67. The van der Waals surface area contributed by atoms with Crippen LogP contribution in [0.3, 0.4) is 0 Å². The van der Waals surface area contributed by atoms with Gasteiger partial charge in [-0.05, 0) is 69.3 Å². The lowest BCUT2D eigenvalue weighted by atomic mass is 9.93. The molecule has 2 aliphatic rings. The molecule has 1 aromatic carbocycles. The van der Waals surface area contributed by atoms with Gasteiger partial charge >= 0.3 is 0 Å². The number of aromatic nitrogens is 3. The first kappa shape index (κ1) is 20.8. The van der Waals surface area contributed by atoms with Crippen molar-refractivity contribution in [1.82, 2.24) is 24.8 Å². The van der Waals surface area contributed by atoms with E-state index < -0.39 is 0 Å². The van der Waals surface area contributed by atoms with Crippen LogP contribution in [0.15, 0.2) is 30.6 Å². The van der Waals surface area contributed by atoms with E-state index >= 15 is 0 Å². The van der Waals surface area contributed by atoms with Gasteiger partial charge in [-0.3, -0.25) is 4.90 Å². The van der Waals surface area contributed by atoms with Gasteiger partial charge in [-0.15, -0.1) is 23.7 Å². The van der Waals surface area contributed by atoms with Gasteiger partial charge in [-0.25, -0.2) is 9.97 Å². The molecule has 1 N–H and O–H groups in total.